The maximum atomic E-state index is 5.54. The molecule has 0 saturated carbocycles. The second kappa shape index (κ2) is 5.17. The number of fused-ring (bicyclic) bond motifs is 2. The summed E-state index contributed by atoms with van der Waals surface area (Å²) in [6.07, 6.45) is 0. The highest BCUT2D eigenvalue weighted by Gasteiger charge is 2.32. The zero-order valence-electron chi connectivity index (χ0n) is 12.3. The first kappa shape index (κ1) is 12.9. The third kappa shape index (κ3) is 2.04. The van der Waals surface area contributed by atoms with Crippen molar-refractivity contribution < 1.29 is 4.74 Å². The van der Waals surface area contributed by atoms with Crippen LogP contribution in [0.5, 0.6) is 0 Å². The molecule has 21 heavy (non-hydrogen) atoms. The molecule has 0 N–H and O–H groups in total. The number of rotatable bonds is 1. The minimum Gasteiger partial charge on any atom is -0.379 e. The first-order valence-electron chi connectivity index (χ1n) is 7.59. The highest BCUT2D eigenvalue weighted by Crippen LogP contribution is 2.45. The molecule has 0 atom stereocenters. The fraction of sp³-hybridized carbons (Fsp3) is 0.333. The highest BCUT2D eigenvalue weighted by atomic mass is 16.5. The van der Waals surface area contributed by atoms with Crippen LogP contribution in [0.3, 0.4) is 0 Å². The van der Waals surface area contributed by atoms with E-state index in [1.54, 1.807) is 0 Å². The van der Waals surface area contributed by atoms with Gasteiger partial charge < -0.3 is 9.64 Å². The fourth-order valence-corrected chi connectivity index (χ4v) is 3.57. The Morgan fingerprint density at radius 3 is 1.95 bits per heavy atom. The maximum Gasteiger partial charge on any atom is 0.0644 e. The summed E-state index contributed by atoms with van der Waals surface area (Å²) in [4.78, 5) is 4.86. The molecular formula is C18H20N2O. The van der Waals surface area contributed by atoms with Gasteiger partial charge in [-0.2, -0.15) is 0 Å². The van der Waals surface area contributed by atoms with Crippen molar-refractivity contribution in [3.8, 4) is 0 Å². The van der Waals surface area contributed by atoms with Crippen LogP contribution >= 0.6 is 0 Å². The summed E-state index contributed by atoms with van der Waals surface area (Å²) in [5.74, 6) is 0. The number of hydrogen-bond acceptors (Lipinski definition) is 3. The quantitative estimate of drug-likeness (QED) is 0.798. The molecule has 0 amide bonds. The van der Waals surface area contributed by atoms with Gasteiger partial charge in [-0.15, -0.1) is 0 Å². The van der Waals surface area contributed by atoms with E-state index in [0.717, 1.165) is 26.3 Å². The lowest BCUT2D eigenvalue weighted by molar-refractivity contribution is 0.0239. The number of ether oxygens (including phenoxy) is 1. The molecule has 0 bridgehead atoms. The number of anilines is 2. The summed E-state index contributed by atoms with van der Waals surface area (Å²) < 4.78 is 5.54. The molecule has 2 heterocycles. The first-order valence-corrected chi connectivity index (χ1v) is 7.59. The minimum atomic E-state index is 0.345. The van der Waals surface area contributed by atoms with Gasteiger partial charge in [0.25, 0.3) is 0 Å². The van der Waals surface area contributed by atoms with Gasteiger partial charge in [-0.05, 0) is 23.3 Å². The molecule has 0 unspecified atom stereocenters. The maximum absolute atomic E-state index is 5.54. The van der Waals surface area contributed by atoms with E-state index in [2.05, 4.69) is 65.4 Å². The summed E-state index contributed by atoms with van der Waals surface area (Å²) in [7, 11) is 2.16. The van der Waals surface area contributed by atoms with E-state index in [1.807, 2.05) is 0 Å². The zero-order valence-corrected chi connectivity index (χ0v) is 12.3. The Morgan fingerprint density at radius 1 is 0.857 bits per heavy atom. The molecular weight excluding hydrogens is 260 g/mol. The van der Waals surface area contributed by atoms with Crippen LogP contribution in [-0.2, 0) is 4.74 Å². The van der Waals surface area contributed by atoms with Gasteiger partial charge in [0.2, 0.25) is 0 Å². The normalized spacial score (nSPS) is 19.2. The van der Waals surface area contributed by atoms with Crippen molar-refractivity contribution >= 4 is 11.4 Å². The van der Waals surface area contributed by atoms with E-state index in [1.165, 1.54) is 22.5 Å². The molecule has 2 aliphatic heterocycles. The van der Waals surface area contributed by atoms with Gasteiger partial charge in [-0.3, -0.25) is 4.90 Å². The first-order chi connectivity index (χ1) is 10.4. The molecule has 2 aromatic carbocycles. The van der Waals surface area contributed by atoms with Gasteiger partial charge in [-0.25, -0.2) is 0 Å². The van der Waals surface area contributed by atoms with Gasteiger partial charge in [0.15, 0.2) is 0 Å². The number of morpholine rings is 1. The molecule has 0 aromatic heterocycles. The SMILES string of the molecule is CN1c2ccccc2C(N2CCOCC2)c2ccccc21. The Morgan fingerprint density at radius 2 is 1.38 bits per heavy atom. The van der Waals surface area contributed by atoms with Crippen molar-refractivity contribution in [2.75, 3.05) is 38.3 Å². The van der Waals surface area contributed by atoms with Crippen molar-refractivity contribution in [2.45, 2.75) is 6.04 Å². The van der Waals surface area contributed by atoms with Gasteiger partial charge in [0, 0.05) is 31.5 Å². The van der Waals surface area contributed by atoms with Crippen LogP contribution in [0.15, 0.2) is 48.5 Å². The second-order valence-corrected chi connectivity index (χ2v) is 5.73. The Bertz CT molecular complexity index is 602. The van der Waals surface area contributed by atoms with E-state index in [4.69, 9.17) is 4.74 Å². The molecule has 0 aliphatic carbocycles. The van der Waals surface area contributed by atoms with Crippen molar-refractivity contribution in [1.29, 1.82) is 0 Å². The number of para-hydroxylation sites is 2. The van der Waals surface area contributed by atoms with E-state index >= 15 is 0 Å². The average Bonchev–Trinajstić information content (AvgIpc) is 2.56. The lowest BCUT2D eigenvalue weighted by Gasteiger charge is -2.42. The van der Waals surface area contributed by atoms with E-state index in [-0.39, 0.29) is 0 Å². The van der Waals surface area contributed by atoms with Crippen molar-refractivity contribution in [3.63, 3.8) is 0 Å². The number of benzene rings is 2. The summed E-state index contributed by atoms with van der Waals surface area (Å²) in [5.41, 5.74) is 5.43. The van der Waals surface area contributed by atoms with E-state index in [0.29, 0.717) is 6.04 Å². The van der Waals surface area contributed by atoms with Crippen LogP contribution < -0.4 is 4.90 Å². The third-order valence-electron chi connectivity index (χ3n) is 4.60. The van der Waals surface area contributed by atoms with Gasteiger partial charge >= 0.3 is 0 Å². The Kier molecular flexibility index (Phi) is 3.17. The van der Waals surface area contributed by atoms with Crippen molar-refractivity contribution in [1.82, 2.24) is 4.90 Å². The van der Waals surface area contributed by atoms with Crippen LogP contribution in [0, 0.1) is 0 Å². The van der Waals surface area contributed by atoms with E-state index in [9.17, 15) is 0 Å². The number of hydrogen-bond donors (Lipinski definition) is 0. The molecule has 108 valence electrons. The monoisotopic (exact) mass is 280 g/mol. The lowest BCUT2D eigenvalue weighted by Crippen LogP contribution is -2.41. The summed E-state index contributed by atoms with van der Waals surface area (Å²) in [6, 6.07) is 17.9. The standard InChI is InChI=1S/C18H20N2O/c1-19-16-8-4-2-6-14(16)18(20-10-12-21-13-11-20)15-7-3-5-9-17(15)19/h2-9,18H,10-13H2,1H3. The predicted octanol–water partition coefficient (Wildman–Crippen LogP) is 3.19. The van der Waals surface area contributed by atoms with Gasteiger partial charge in [0.05, 0.1) is 19.3 Å². The second-order valence-electron chi connectivity index (χ2n) is 5.73. The molecule has 2 aromatic rings. The summed E-state index contributed by atoms with van der Waals surface area (Å²) in [6.45, 7) is 3.65. The predicted molar refractivity (Wildman–Crippen MR) is 85.2 cm³/mol. The average molecular weight is 280 g/mol. The molecule has 3 nitrogen and oxygen atoms in total. The van der Waals surface area contributed by atoms with Gasteiger partial charge in [0.1, 0.15) is 0 Å². The third-order valence-corrected chi connectivity index (χ3v) is 4.60. The molecule has 4 rings (SSSR count). The summed E-state index contributed by atoms with van der Waals surface area (Å²) >= 11 is 0. The molecule has 1 fully saturated rings. The van der Waals surface area contributed by atoms with Crippen LogP contribution in [0.4, 0.5) is 11.4 Å². The van der Waals surface area contributed by atoms with Crippen LogP contribution in [0.1, 0.15) is 17.2 Å². The van der Waals surface area contributed by atoms with E-state index < -0.39 is 0 Å². The zero-order chi connectivity index (χ0) is 14.2. The van der Waals surface area contributed by atoms with Crippen LogP contribution in [0.2, 0.25) is 0 Å². The summed E-state index contributed by atoms with van der Waals surface area (Å²) in [5, 5.41) is 0. The van der Waals surface area contributed by atoms with Crippen LogP contribution in [0.25, 0.3) is 0 Å². The van der Waals surface area contributed by atoms with Crippen molar-refractivity contribution in [2.24, 2.45) is 0 Å². The highest BCUT2D eigenvalue weighted by molar-refractivity contribution is 5.75. The largest absolute Gasteiger partial charge is 0.379 e. The van der Waals surface area contributed by atoms with Crippen LogP contribution in [-0.4, -0.2) is 38.3 Å². The molecule has 3 heteroatoms. The molecule has 0 radical (unpaired) electrons. The molecule has 0 spiro atoms. The smallest absolute Gasteiger partial charge is 0.0644 e. The molecule has 1 saturated heterocycles. The minimum absolute atomic E-state index is 0.345. The van der Waals surface area contributed by atoms with Crippen molar-refractivity contribution in [3.05, 3.63) is 59.7 Å². The Balaban J connectivity index is 1.87. The lowest BCUT2D eigenvalue weighted by atomic mass is 9.89. The Labute approximate surface area is 125 Å². The Hall–Kier alpha value is -1.84. The fourth-order valence-electron chi connectivity index (χ4n) is 3.57. The molecule has 2 aliphatic rings. The van der Waals surface area contributed by atoms with Gasteiger partial charge in [-0.1, -0.05) is 36.4 Å². The number of nitrogens with zero attached hydrogens (tertiary/aromatic N) is 2. The topological polar surface area (TPSA) is 15.7 Å².